The zero-order valence-corrected chi connectivity index (χ0v) is 13.6. The van der Waals surface area contributed by atoms with Crippen molar-refractivity contribution < 1.29 is 0 Å². The van der Waals surface area contributed by atoms with Crippen molar-refractivity contribution in [3.05, 3.63) is 60.4 Å². The predicted octanol–water partition coefficient (Wildman–Crippen LogP) is 3.33. The van der Waals surface area contributed by atoms with Crippen molar-refractivity contribution in [1.29, 1.82) is 5.26 Å². The minimum Gasteiger partial charge on any atom is -0.383 e. The standard InChI is InChI=1S/C19H17N5/c1-24(2)15-7-5-13(6-8-15)16-10-18(14-4-3-9-22-12-14)23-19(21)17(16)11-20/h3-10,12H,1-2H3,(H2,21,23). The van der Waals surface area contributed by atoms with Gasteiger partial charge < -0.3 is 10.6 Å². The number of nitrogen functional groups attached to an aromatic ring is 1. The topological polar surface area (TPSA) is 78.8 Å². The number of benzene rings is 1. The maximum Gasteiger partial charge on any atom is 0.142 e. The summed E-state index contributed by atoms with van der Waals surface area (Å²) < 4.78 is 0. The number of hydrogen-bond acceptors (Lipinski definition) is 5. The van der Waals surface area contributed by atoms with Gasteiger partial charge in [-0.25, -0.2) is 4.98 Å². The molecule has 5 heteroatoms. The number of aromatic nitrogens is 2. The van der Waals surface area contributed by atoms with E-state index in [1.54, 1.807) is 12.4 Å². The molecule has 0 unspecified atom stereocenters. The molecule has 24 heavy (non-hydrogen) atoms. The van der Waals surface area contributed by atoms with Crippen LogP contribution >= 0.6 is 0 Å². The van der Waals surface area contributed by atoms with Crippen molar-refractivity contribution in [2.45, 2.75) is 0 Å². The lowest BCUT2D eigenvalue weighted by Crippen LogP contribution is -2.08. The molecule has 118 valence electrons. The number of pyridine rings is 2. The first-order chi connectivity index (χ1) is 11.6. The fourth-order valence-electron chi connectivity index (χ4n) is 2.51. The summed E-state index contributed by atoms with van der Waals surface area (Å²) in [6.07, 6.45) is 3.43. The van der Waals surface area contributed by atoms with Crippen LogP contribution in [0.1, 0.15) is 5.56 Å². The number of hydrogen-bond donors (Lipinski definition) is 1. The molecule has 1 aromatic carbocycles. The van der Waals surface area contributed by atoms with Crippen LogP contribution in [0, 0.1) is 11.3 Å². The molecule has 2 heterocycles. The third-order valence-electron chi connectivity index (χ3n) is 3.81. The highest BCUT2D eigenvalue weighted by Gasteiger charge is 2.13. The van der Waals surface area contributed by atoms with Gasteiger partial charge in [0.05, 0.1) is 5.69 Å². The summed E-state index contributed by atoms with van der Waals surface area (Å²) >= 11 is 0. The van der Waals surface area contributed by atoms with Crippen molar-refractivity contribution >= 4 is 11.5 Å². The second kappa shape index (κ2) is 6.39. The molecule has 3 aromatic rings. The minimum atomic E-state index is 0.227. The Hall–Kier alpha value is -3.39. The summed E-state index contributed by atoms with van der Waals surface area (Å²) in [6.45, 7) is 0. The van der Waals surface area contributed by atoms with Crippen LogP contribution in [0.4, 0.5) is 11.5 Å². The maximum atomic E-state index is 9.47. The normalized spacial score (nSPS) is 10.2. The molecule has 0 saturated carbocycles. The molecule has 2 aromatic heterocycles. The van der Waals surface area contributed by atoms with Crippen LogP contribution in [-0.4, -0.2) is 24.1 Å². The monoisotopic (exact) mass is 315 g/mol. The molecule has 3 rings (SSSR count). The summed E-state index contributed by atoms with van der Waals surface area (Å²) in [5, 5.41) is 9.47. The predicted molar refractivity (Wildman–Crippen MR) is 96.4 cm³/mol. The second-order valence-corrected chi connectivity index (χ2v) is 5.61. The van der Waals surface area contributed by atoms with Gasteiger partial charge in [0.1, 0.15) is 17.5 Å². The first kappa shape index (κ1) is 15.5. The Morgan fingerprint density at radius 1 is 1.08 bits per heavy atom. The van der Waals surface area contributed by atoms with Gasteiger partial charge in [-0.15, -0.1) is 0 Å². The van der Waals surface area contributed by atoms with Crippen LogP contribution in [-0.2, 0) is 0 Å². The minimum absolute atomic E-state index is 0.227. The van der Waals surface area contributed by atoms with Gasteiger partial charge in [0.25, 0.3) is 0 Å². The lowest BCUT2D eigenvalue weighted by atomic mass is 9.98. The molecule has 5 nitrogen and oxygen atoms in total. The largest absolute Gasteiger partial charge is 0.383 e. The van der Waals surface area contributed by atoms with Crippen molar-refractivity contribution in [3.63, 3.8) is 0 Å². The first-order valence-corrected chi connectivity index (χ1v) is 7.49. The Bertz CT molecular complexity index is 894. The quantitative estimate of drug-likeness (QED) is 0.802. The number of nitriles is 1. The van der Waals surface area contributed by atoms with E-state index < -0.39 is 0 Å². The smallest absolute Gasteiger partial charge is 0.142 e. The molecule has 0 fully saturated rings. The molecule has 0 aliphatic heterocycles. The molecule has 0 amide bonds. The average molecular weight is 315 g/mol. The Kier molecular flexibility index (Phi) is 4.13. The molecule has 0 atom stereocenters. The van der Waals surface area contributed by atoms with Gasteiger partial charge in [0.2, 0.25) is 0 Å². The van der Waals surface area contributed by atoms with E-state index in [4.69, 9.17) is 5.73 Å². The highest BCUT2D eigenvalue weighted by Crippen LogP contribution is 2.31. The molecular weight excluding hydrogens is 298 g/mol. The van der Waals surface area contributed by atoms with Crippen LogP contribution in [0.3, 0.4) is 0 Å². The summed E-state index contributed by atoms with van der Waals surface area (Å²) in [6, 6.07) is 15.8. The zero-order chi connectivity index (χ0) is 17.1. The van der Waals surface area contributed by atoms with E-state index in [0.717, 1.165) is 22.4 Å². The lowest BCUT2D eigenvalue weighted by Gasteiger charge is -2.14. The molecule has 0 aliphatic rings. The summed E-state index contributed by atoms with van der Waals surface area (Å²) in [5.41, 5.74) is 10.8. The molecule has 2 N–H and O–H groups in total. The fraction of sp³-hybridized carbons (Fsp3) is 0.105. The fourth-order valence-corrected chi connectivity index (χ4v) is 2.51. The van der Waals surface area contributed by atoms with Crippen LogP contribution in [0.5, 0.6) is 0 Å². The first-order valence-electron chi connectivity index (χ1n) is 7.49. The Morgan fingerprint density at radius 2 is 1.83 bits per heavy atom. The molecular formula is C19H17N5. The highest BCUT2D eigenvalue weighted by molar-refractivity contribution is 5.80. The van der Waals surface area contributed by atoms with Crippen molar-refractivity contribution in [3.8, 4) is 28.5 Å². The van der Waals surface area contributed by atoms with Crippen LogP contribution in [0.25, 0.3) is 22.4 Å². The van der Waals surface area contributed by atoms with Gasteiger partial charge in [-0.3, -0.25) is 4.98 Å². The van der Waals surface area contributed by atoms with E-state index in [0.29, 0.717) is 11.3 Å². The van der Waals surface area contributed by atoms with Crippen LogP contribution in [0.2, 0.25) is 0 Å². The van der Waals surface area contributed by atoms with E-state index in [9.17, 15) is 5.26 Å². The SMILES string of the molecule is CN(C)c1ccc(-c2cc(-c3cccnc3)nc(N)c2C#N)cc1. The number of anilines is 2. The number of nitrogens with zero attached hydrogens (tertiary/aromatic N) is 4. The molecule has 0 saturated heterocycles. The van der Waals surface area contributed by atoms with E-state index in [1.165, 1.54) is 0 Å². The van der Waals surface area contributed by atoms with Crippen molar-refractivity contribution in [2.24, 2.45) is 0 Å². The van der Waals surface area contributed by atoms with Crippen molar-refractivity contribution in [2.75, 3.05) is 24.7 Å². The third kappa shape index (κ3) is 2.90. The van der Waals surface area contributed by atoms with E-state index in [-0.39, 0.29) is 5.82 Å². The summed E-state index contributed by atoms with van der Waals surface area (Å²) in [4.78, 5) is 10.5. The Labute approximate surface area is 141 Å². The Balaban J connectivity index is 2.15. The van der Waals surface area contributed by atoms with E-state index in [2.05, 4.69) is 16.0 Å². The molecule has 0 radical (unpaired) electrons. The zero-order valence-electron chi connectivity index (χ0n) is 13.6. The highest BCUT2D eigenvalue weighted by atomic mass is 15.1. The van der Waals surface area contributed by atoms with E-state index >= 15 is 0 Å². The van der Waals surface area contributed by atoms with E-state index in [1.807, 2.05) is 61.5 Å². The van der Waals surface area contributed by atoms with Gasteiger partial charge in [0, 0.05) is 43.3 Å². The summed E-state index contributed by atoms with van der Waals surface area (Å²) in [5.74, 6) is 0.227. The van der Waals surface area contributed by atoms with Gasteiger partial charge >= 0.3 is 0 Å². The van der Waals surface area contributed by atoms with Crippen molar-refractivity contribution in [1.82, 2.24) is 9.97 Å². The Morgan fingerprint density at radius 3 is 2.42 bits per heavy atom. The maximum absolute atomic E-state index is 9.47. The second-order valence-electron chi connectivity index (χ2n) is 5.61. The number of nitrogens with two attached hydrogens (primary N) is 1. The molecule has 0 bridgehead atoms. The van der Waals surface area contributed by atoms with Crippen LogP contribution < -0.4 is 10.6 Å². The van der Waals surface area contributed by atoms with Gasteiger partial charge in [0.15, 0.2) is 0 Å². The third-order valence-corrected chi connectivity index (χ3v) is 3.81. The van der Waals surface area contributed by atoms with Gasteiger partial charge in [-0.05, 0) is 35.9 Å². The molecule has 0 aliphatic carbocycles. The molecule has 0 spiro atoms. The van der Waals surface area contributed by atoms with Gasteiger partial charge in [-0.2, -0.15) is 5.26 Å². The van der Waals surface area contributed by atoms with Gasteiger partial charge in [-0.1, -0.05) is 12.1 Å². The average Bonchev–Trinajstić information content (AvgIpc) is 2.62. The number of rotatable bonds is 3. The van der Waals surface area contributed by atoms with Crippen LogP contribution in [0.15, 0.2) is 54.9 Å². The lowest BCUT2D eigenvalue weighted by molar-refractivity contribution is 1.13. The summed E-state index contributed by atoms with van der Waals surface area (Å²) in [7, 11) is 3.97.